The highest BCUT2D eigenvalue weighted by Crippen LogP contribution is 2.22. The van der Waals surface area contributed by atoms with Crippen LogP contribution in [0.1, 0.15) is 28.6 Å². The molecule has 0 aliphatic carbocycles. The minimum atomic E-state index is 0.219. The minimum absolute atomic E-state index is 0.219. The Morgan fingerprint density at radius 2 is 2.00 bits per heavy atom. The van der Waals surface area contributed by atoms with Crippen LogP contribution in [-0.4, -0.2) is 24.4 Å². The maximum Gasteiger partial charge on any atom is 0.119 e. The van der Waals surface area contributed by atoms with Gasteiger partial charge in [-0.25, -0.2) is 0 Å². The number of nitrogens with zero attached hydrogens (tertiary/aromatic N) is 2. The highest BCUT2D eigenvalue weighted by Gasteiger charge is 2.14. The van der Waals surface area contributed by atoms with Crippen molar-refractivity contribution in [2.24, 2.45) is 0 Å². The average Bonchev–Trinajstić information content (AvgIpc) is 2.47. The number of ether oxygens (including phenoxy) is 1. The molecule has 2 aromatic rings. The van der Waals surface area contributed by atoms with Gasteiger partial charge in [0.2, 0.25) is 0 Å². The molecule has 4 heteroatoms. The van der Waals surface area contributed by atoms with Crippen LogP contribution in [0.4, 0.5) is 0 Å². The molecular weight excluding hydrogens is 250 g/mol. The Morgan fingerprint density at radius 3 is 2.70 bits per heavy atom. The molecule has 1 atom stereocenters. The fourth-order valence-corrected chi connectivity index (χ4v) is 2.33. The number of methoxy groups -OCH3 is 1. The number of benzene rings is 1. The van der Waals surface area contributed by atoms with Crippen molar-refractivity contribution in [3.05, 3.63) is 52.8 Å². The lowest BCUT2D eigenvalue weighted by atomic mass is 9.98. The standard InChI is InChI=1S/C16H21N3O/c1-11-8-15(12(2)19-18-11)16(17-3)10-13-6-5-7-14(9-13)20-4/h5-9,16-17H,10H2,1-4H3. The number of hydrogen-bond donors (Lipinski definition) is 1. The number of aromatic nitrogens is 2. The van der Waals surface area contributed by atoms with Gasteiger partial charge in [-0.15, -0.1) is 0 Å². The van der Waals surface area contributed by atoms with Gasteiger partial charge in [0.15, 0.2) is 0 Å². The molecule has 0 fully saturated rings. The maximum atomic E-state index is 5.28. The maximum absolute atomic E-state index is 5.28. The molecular formula is C16H21N3O. The van der Waals surface area contributed by atoms with Crippen LogP contribution in [-0.2, 0) is 6.42 Å². The van der Waals surface area contributed by atoms with E-state index >= 15 is 0 Å². The largest absolute Gasteiger partial charge is 0.497 e. The van der Waals surface area contributed by atoms with Crippen molar-refractivity contribution >= 4 is 0 Å². The SMILES string of the molecule is CNC(Cc1cccc(OC)c1)c1cc(C)nnc1C. The molecule has 1 unspecified atom stereocenters. The van der Waals surface area contributed by atoms with Crippen LogP contribution >= 0.6 is 0 Å². The zero-order chi connectivity index (χ0) is 14.5. The van der Waals surface area contributed by atoms with Crippen LogP contribution in [0.15, 0.2) is 30.3 Å². The smallest absolute Gasteiger partial charge is 0.119 e. The van der Waals surface area contributed by atoms with Gasteiger partial charge in [-0.2, -0.15) is 10.2 Å². The molecule has 1 heterocycles. The van der Waals surface area contributed by atoms with E-state index in [1.165, 1.54) is 11.1 Å². The van der Waals surface area contributed by atoms with Gasteiger partial charge in [0.05, 0.1) is 18.5 Å². The Morgan fingerprint density at radius 1 is 1.20 bits per heavy atom. The van der Waals surface area contributed by atoms with E-state index in [0.717, 1.165) is 23.6 Å². The molecule has 106 valence electrons. The number of likely N-dealkylation sites (N-methyl/N-ethyl adjacent to an activating group) is 1. The summed E-state index contributed by atoms with van der Waals surface area (Å²) < 4.78 is 5.28. The molecule has 1 N–H and O–H groups in total. The molecule has 4 nitrogen and oxygen atoms in total. The zero-order valence-corrected chi connectivity index (χ0v) is 12.5. The third-order valence-electron chi connectivity index (χ3n) is 3.44. The molecule has 0 radical (unpaired) electrons. The Kier molecular flexibility index (Phi) is 4.69. The molecule has 0 bridgehead atoms. The molecule has 1 aromatic heterocycles. The van der Waals surface area contributed by atoms with Gasteiger partial charge >= 0.3 is 0 Å². The second-order valence-corrected chi connectivity index (χ2v) is 4.92. The third-order valence-corrected chi connectivity index (χ3v) is 3.44. The Hall–Kier alpha value is -1.94. The molecule has 20 heavy (non-hydrogen) atoms. The van der Waals surface area contributed by atoms with Crippen molar-refractivity contribution in [2.45, 2.75) is 26.3 Å². The topological polar surface area (TPSA) is 47.0 Å². The van der Waals surface area contributed by atoms with Crippen LogP contribution in [0, 0.1) is 13.8 Å². The number of rotatable bonds is 5. The summed E-state index contributed by atoms with van der Waals surface area (Å²) in [6, 6.07) is 10.5. The van der Waals surface area contributed by atoms with Gasteiger partial charge in [0, 0.05) is 6.04 Å². The first-order valence-electron chi connectivity index (χ1n) is 6.75. The second-order valence-electron chi connectivity index (χ2n) is 4.92. The van der Waals surface area contributed by atoms with Crippen molar-refractivity contribution in [3.8, 4) is 5.75 Å². The van der Waals surface area contributed by atoms with Gasteiger partial charge in [-0.3, -0.25) is 0 Å². The van der Waals surface area contributed by atoms with Gasteiger partial charge in [-0.05, 0) is 56.6 Å². The quantitative estimate of drug-likeness (QED) is 0.908. The summed E-state index contributed by atoms with van der Waals surface area (Å²) in [6.07, 6.45) is 0.889. The van der Waals surface area contributed by atoms with Crippen LogP contribution in [0.3, 0.4) is 0 Å². The van der Waals surface area contributed by atoms with E-state index in [1.807, 2.05) is 33.0 Å². The Labute approximate surface area is 120 Å². The molecule has 0 saturated carbocycles. The summed E-state index contributed by atoms with van der Waals surface area (Å²) in [5, 5.41) is 11.7. The van der Waals surface area contributed by atoms with Crippen LogP contribution in [0.5, 0.6) is 5.75 Å². The van der Waals surface area contributed by atoms with Crippen LogP contribution in [0.25, 0.3) is 0 Å². The van der Waals surface area contributed by atoms with E-state index < -0.39 is 0 Å². The fourth-order valence-electron chi connectivity index (χ4n) is 2.33. The molecule has 1 aromatic carbocycles. The van der Waals surface area contributed by atoms with E-state index in [-0.39, 0.29) is 6.04 Å². The van der Waals surface area contributed by atoms with Crippen molar-refractivity contribution in [1.29, 1.82) is 0 Å². The van der Waals surface area contributed by atoms with Crippen LogP contribution < -0.4 is 10.1 Å². The summed E-state index contributed by atoms with van der Waals surface area (Å²) in [5.41, 5.74) is 4.34. The van der Waals surface area contributed by atoms with Crippen molar-refractivity contribution in [1.82, 2.24) is 15.5 Å². The summed E-state index contributed by atoms with van der Waals surface area (Å²) in [6.45, 7) is 3.96. The number of aryl methyl sites for hydroxylation is 2. The normalized spacial score (nSPS) is 12.2. The summed E-state index contributed by atoms with van der Waals surface area (Å²) in [5.74, 6) is 0.887. The lowest BCUT2D eigenvalue weighted by Gasteiger charge is -2.19. The highest BCUT2D eigenvalue weighted by molar-refractivity contribution is 5.31. The minimum Gasteiger partial charge on any atom is -0.497 e. The van der Waals surface area contributed by atoms with Gasteiger partial charge in [-0.1, -0.05) is 12.1 Å². The average molecular weight is 271 g/mol. The summed E-state index contributed by atoms with van der Waals surface area (Å²) >= 11 is 0. The van der Waals surface area contributed by atoms with E-state index in [2.05, 4.69) is 33.7 Å². The lowest BCUT2D eigenvalue weighted by molar-refractivity contribution is 0.414. The predicted molar refractivity (Wildman–Crippen MR) is 80.0 cm³/mol. The first kappa shape index (κ1) is 14.5. The molecule has 0 amide bonds. The number of nitrogens with one attached hydrogen (secondary N) is 1. The Balaban J connectivity index is 2.26. The lowest BCUT2D eigenvalue weighted by Crippen LogP contribution is -2.20. The monoisotopic (exact) mass is 271 g/mol. The van der Waals surface area contributed by atoms with Crippen molar-refractivity contribution in [3.63, 3.8) is 0 Å². The molecule has 0 aliphatic rings. The highest BCUT2D eigenvalue weighted by atomic mass is 16.5. The van der Waals surface area contributed by atoms with Gasteiger partial charge in [0.25, 0.3) is 0 Å². The predicted octanol–water partition coefficient (Wildman–Crippen LogP) is 2.61. The molecule has 0 spiro atoms. The Bertz CT molecular complexity index is 584. The van der Waals surface area contributed by atoms with Gasteiger partial charge in [0.1, 0.15) is 5.75 Å². The summed E-state index contributed by atoms with van der Waals surface area (Å²) in [7, 11) is 3.66. The van der Waals surface area contributed by atoms with Crippen molar-refractivity contribution < 1.29 is 4.74 Å². The summed E-state index contributed by atoms with van der Waals surface area (Å²) in [4.78, 5) is 0. The first-order chi connectivity index (χ1) is 9.63. The van der Waals surface area contributed by atoms with Crippen LogP contribution in [0.2, 0.25) is 0 Å². The van der Waals surface area contributed by atoms with Crippen molar-refractivity contribution in [2.75, 3.05) is 14.2 Å². The van der Waals surface area contributed by atoms with Gasteiger partial charge < -0.3 is 10.1 Å². The first-order valence-corrected chi connectivity index (χ1v) is 6.75. The molecule has 2 rings (SSSR count). The van der Waals surface area contributed by atoms with E-state index in [0.29, 0.717) is 0 Å². The second kappa shape index (κ2) is 6.48. The fraction of sp³-hybridized carbons (Fsp3) is 0.375. The zero-order valence-electron chi connectivity index (χ0n) is 12.5. The van der Waals surface area contributed by atoms with E-state index in [1.54, 1.807) is 7.11 Å². The van der Waals surface area contributed by atoms with E-state index in [9.17, 15) is 0 Å². The molecule has 0 aliphatic heterocycles. The third kappa shape index (κ3) is 3.33. The number of hydrogen-bond acceptors (Lipinski definition) is 4. The van der Waals surface area contributed by atoms with E-state index in [4.69, 9.17) is 4.74 Å². The molecule has 0 saturated heterocycles.